The van der Waals surface area contributed by atoms with Crippen LogP contribution in [0.1, 0.15) is 49.7 Å². The average molecular weight is 418 g/mol. The van der Waals surface area contributed by atoms with Gasteiger partial charge in [-0.3, -0.25) is 19.6 Å². The molecule has 0 amide bonds. The van der Waals surface area contributed by atoms with Gasteiger partial charge in [0.1, 0.15) is 11.7 Å². The van der Waals surface area contributed by atoms with Crippen molar-refractivity contribution in [1.82, 2.24) is 4.98 Å². The molecule has 0 saturated carbocycles. The fourth-order valence-electron chi connectivity index (χ4n) is 4.64. The molecular weight excluding hydrogens is 392 g/mol. The summed E-state index contributed by atoms with van der Waals surface area (Å²) in [6.07, 6.45) is 4.41. The number of allylic oxidation sites excluding steroid dienone is 2. The van der Waals surface area contributed by atoms with E-state index in [4.69, 9.17) is 14.5 Å². The van der Waals surface area contributed by atoms with Gasteiger partial charge in [-0.15, -0.1) is 0 Å². The van der Waals surface area contributed by atoms with E-state index < -0.39 is 11.8 Å². The van der Waals surface area contributed by atoms with E-state index in [1.807, 2.05) is 43.3 Å². The van der Waals surface area contributed by atoms with Gasteiger partial charge < -0.3 is 9.47 Å². The van der Waals surface area contributed by atoms with E-state index in [2.05, 4.69) is 4.98 Å². The molecule has 1 aliphatic carbocycles. The number of nitrogens with zero attached hydrogens (tertiary/aromatic N) is 2. The van der Waals surface area contributed by atoms with Gasteiger partial charge in [0, 0.05) is 41.7 Å². The van der Waals surface area contributed by atoms with Gasteiger partial charge in [0.05, 0.1) is 13.7 Å². The van der Waals surface area contributed by atoms with Crippen molar-refractivity contribution >= 4 is 17.5 Å². The fourth-order valence-corrected chi connectivity index (χ4v) is 4.64. The van der Waals surface area contributed by atoms with Crippen LogP contribution in [0.2, 0.25) is 0 Å². The fraction of sp³-hybridized carbons (Fsp3) is 0.360. The lowest BCUT2D eigenvalue weighted by molar-refractivity contribution is -0.146. The highest BCUT2D eigenvalue weighted by Gasteiger charge is 2.44. The molecule has 2 aliphatic rings. The molecule has 1 unspecified atom stereocenters. The molecule has 2 heterocycles. The minimum Gasteiger partial charge on any atom is -0.497 e. The lowest BCUT2D eigenvalue weighted by Gasteiger charge is -2.36. The number of hydrogen-bond acceptors (Lipinski definition) is 6. The Kier molecular flexibility index (Phi) is 5.98. The van der Waals surface area contributed by atoms with Crippen LogP contribution in [0.5, 0.6) is 5.75 Å². The molecule has 6 heteroatoms. The molecule has 0 N–H and O–H groups in total. The lowest BCUT2D eigenvalue weighted by Crippen LogP contribution is -2.38. The zero-order valence-electron chi connectivity index (χ0n) is 18.0. The normalized spacial score (nSPS) is 23.1. The van der Waals surface area contributed by atoms with E-state index in [9.17, 15) is 9.59 Å². The highest BCUT2D eigenvalue weighted by molar-refractivity contribution is 6.09. The smallest absolute Gasteiger partial charge is 0.315 e. The molecule has 160 valence electrons. The van der Waals surface area contributed by atoms with Gasteiger partial charge in [-0.25, -0.2) is 0 Å². The Morgan fingerprint density at radius 3 is 2.42 bits per heavy atom. The topological polar surface area (TPSA) is 77.8 Å². The second-order valence-electron chi connectivity index (χ2n) is 7.90. The lowest BCUT2D eigenvalue weighted by atomic mass is 9.69. The number of carbonyl (C=O) groups is 2. The quantitative estimate of drug-likeness (QED) is 0.679. The van der Waals surface area contributed by atoms with Crippen molar-refractivity contribution in [2.75, 3.05) is 13.7 Å². The number of rotatable bonds is 5. The number of ketones is 1. The molecule has 0 spiro atoms. The number of esters is 1. The first-order chi connectivity index (χ1) is 15.0. The number of benzene rings is 1. The molecule has 6 nitrogen and oxygen atoms in total. The second-order valence-corrected chi connectivity index (χ2v) is 7.90. The number of hydrogen-bond donors (Lipinski definition) is 0. The molecule has 1 aromatic carbocycles. The number of aliphatic imine (C=N–C) groups is 1. The van der Waals surface area contributed by atoms with Crippen molar-refractivity contribution in [1.29, 1.82) is 0 Å². The first kappa shape index (κ1) is 21.0. The summed E-state index contributed by atoms with van der Waals surface area (Å²) in [5.74, 6) is -0.489. The number of aromatic nitrogens is 1. The van der Waals surface area contributed by atoms with Crippen LogP contribution in [0, 0.1) is 5.92 Å². The van der Waals surface area contributed by atoms with Crippen molar-refractivity contribution in [2.45, 2.75) is 38.5 Å². The van der Waals surface area contributed by atoms with Crippen LogP contribution < -0.4 is 4.74 Å². The van der Waals surface area contributed by atoms with E-state index >= 15 is 0 Å². The molecule has 31 heavy (non-hydrogen) atoms. The molecule has 0 fully saturated rings. The van der Waals surface area contributed by atoms with Gasteiger partial charge in [-0.2, -0.15) is 0 Å². The van der Waals surface area contributed by atoms with Crippen LogP contribution in [0.3, 0.4) is 0 Å². The van der Waals surface area contributed by atoms with E-state index in [1.165, 1.54) is 0 Å². The maximum atomic E-state index is 13.4. The summed E-state index contributed by atoms with van der Waals surface area (Å²) in [5.41, 5.74) is 4.06. The molecule has 1 aromatic heterocycles. The molecule has 2 aromatic rings. The van der Waals surface area contributed by atoms with Gasteiger partial charge >= 0.3 is 5.97 Å². The summed E-state index contributed by atoms with van der Waals surface area (Å²) < 4.78 is 10.6. The van der Waals surface area contributed by atoms with Crippen molar-refractivity contribution in [3.8, 4) is 5.75 Å². The Bertz CT molecular complexity index is 1040. The van der Waals surface area contributed by atoms with E-state index in [0.29, 0.717) is 24.1 Å². The largest absolute Gasteiger partial charge is 0.497 e. The molecule has 0 radical (unpaired) electrons. The summed E-state index contributed by atoms with van der Waals surface area (Å²) in [6.45, 7) is 3.91. The summed E-state index contributed by atoms with van der Waals surface area (Å²) in [6, 6.07) is 11.6. The summed E-state index contributed by atoms with van der Waals surface area (Å²) in [4.78, 5) is 35.1. The molecule has 0 saturated heterocycles. The van der Waals surface area contributed by atoms with Crippen LogP contribution in [-0.4, -0.2) is 36.2 Å². The number of carbonyl (C=O) groups excluding carboxylic acids is 2. The van der Waals surface area contributed by atoms with Crippen molar-refractivity contribution in [3.63, 3.8) is 0 Å². The maximum Gasteiger partial charge on any atom is 0.315 e. The third-order valence-corrected chi connectivity index (χ3v) is 6.08. The molecule has 4 rings (SSSR count). The third kappa shape index (κ3) is 4.02. The highest BCUT2D eigenvalue weighted by atomic mass is 16.5. The van der Waals surface area contributed by atoms with Gasteiger partial charge in [0.2, 0.25) is 0 Å². The van der Waals surface area contributed by atoms with Crippen molar-refractivity contribution in [3.05, 3.63) is 71.2 Å². The Hall–Kier alpha value is -3.28. The molecule has 3 atom stereocenters. The number of methoxy groups -OCH3 is 1. The van der Waals surface area contributed by atoms with Crippen LogP contribution >= 0.6 is 0 Å². The minimum absolute atomic E-state index is 0.0365. The van der Waals surface area contributed by atoms with Gasteiger partial charge in [-0.05, 0) is 61.6 Å². The van der Waals surface area contributed by atoms with Crippen LogP contribution in [-0.2, 0) is 14.3 Å². The Morgan fingerprint density at radius 2 is 1.77 bits per heavy atom. The number of ether oxygens (including phenoxy) is 2. The van der Waals surface area contributed by atoms with E-state index in [-0.39, 0.29) is 24.3 Å². The highest BCUT2D eigenvalue weighted by Crippen LogP contribution is 2.46. The second kappa shape index (κ2) is 8.84. The van der Waals surface area contributed by atoms with Crippen LogP contribution in [0.15, 0.2) is 65.1 Å². The number of pyridine rings is 1. The van der Waals surface area contributed by atoms with Gasteiger partial charge in [-0.1, -0.05) is 12.1 Å². The predicted molar refractivity (Wildman–Crippen MR) is 117 cm³/mol. The average Bonchev–Trinajstić information content (AvgIpc) is 2.78. The van der Waals surface area contributed by atoms with E-state index in [1.54, 1.807) is 26.4 Å². The van der Waals surface area contributed by atoms with Gasteiger partial charge in [0.15, 0.2) is 5.78 Å². The predicted octanol–water partition coefficient (Wildman–Crippen LogP) is 4.23. The van der Waals surface area contributed by atoms with E-state index in [0.717, 1.165) is 22.6 Å². The molecular formula is C25H26N2O4. The van der Waals surface area contributed by atoms with Crippen LogP contribution in [0.25, 0.3) is 0 Å². The third-order valence-electron chi connectivity index (χ3n) is 6.08. The summed E-state index contributed by atoms with van der Waals surface area (Å²) in [5, 5.41) is 0. The monoisotopic (exact) mass is 418 g/mol. The minimum atomic E-state index is -0.609. The SMILES string of the molecule is CCOC(=O)C1C(C)=NC2=C(C(=O)C[C@@H](c3ccc(OC)cc3)C2)[C@@H]1c1ccncc1. The number of Topliss-reactive ketones (excluding diaryl/α,β-unsaturated/α-hetero) is 1. The first-order valence-corrected chi connectivity index (χ1v) is 10.5. The standard InChI is InChI=1S/C25H26N2O4/c1-4-31-25(29)22-15(2)27-20-13-18(16-5-7-19(30-3)8-6-16)14-21(28)24(20)23(22)17-9-11-26-12-10-17/h5-12,18,22-23H,4,13-14H2,1-3H3/t18-,22?,23+/m0/s1. The Labute approximate surface area is 182 Å². The summed E-state index contributed by atoms with van der Waals surface area (Å²) >= 11 is 0. The van der Waals surface area contributed by atoms with Crippen molar-refractivity contribution < 1.29 is 19.1 Å². The molecule has 1 aliphatic heterocycles. The maximum absolute atomic E-state index is 13.4. The Balaban J connectivity index is 1.75. The van der Waals surface area contributed by atoms with Gasteiger partial charge in [0.25, 0.3) is 0 Å². The van der Waals surface area contributed by atoms with Crippen LogP contribution in [0.4, 0.5) is 0 Å². The first-order valence-electron chi connectivity index (χ1n) is 10.5. The molecule has 0 bridgehead atoms. The zero-order chi connectivity index (χ0) is 22.0. The van der Waals surface area contributed by atoms with Crippen molar-refractivity contribution in [2.24, 2.45) is 10.9 Å². The summed E-state index contributed by atoms with van der Waals surface area (Å²) in [7, 11) is 1.63. The Morgan fingerprint density at radius 1 is 1.06 bits per heavy atom. The zero-order valence-corrected chi connectivity index (χ0v) is 18.0.